The Kier molecular flexibility index (Phi) is 1.98. The Morgan fingerprint density at radius 2 is 2.00 bits per heavy atom. The Bertz CT molecular complexity index is 198. The lowest BCUT2D eigenvalue weighted by atomic mass is 10.0. The fraction of sp³-hybridized carbons (Fsp3) is 0.750. The number of nitrogens with zero attached hydrogens (tertiary/aromatic N) is 1. The first-order chi connectivity index (χ1) is 5.04. The summed E-state index contributed by atoms with van der Waals surface area (Å²) < 4.78 is 0. The van der Waals surface area contributed by atoms with Crippen LogP contribution in [0.5, 0.6) is 0 Å². The molecule has 1 atom stereocenters. The summed E-state index contributed by atoms with van der Waals surface area (Å²) in [7, 11) is 1.69. The standard InChI is InChI=1S/C8H13NO2/c1-5(2)8-6(10)4-7(11)9(8)3/h5,8H,4H2,1-3H3. The smallest absolute Gasteiger partial charge is 0.230 e. The summed E-state index contributed by atoms with van der Waals surface area (Å²) in [5.74, 6) is 0.250. The molecule has 0 aliphatic carbocycles. The molecule has 11 heavy (non-hydrogen) atoms. The molecule has 0 radical (unpaired) electrons. The molecule has 0 spiro atoms. The summed E-state index contributed by atoms with van der Waals surface area (Å²) in [6.45, 7) is 3.91. The molecule has 1 saturated heterocycles. The Morgan fingerprint density at radius 3 is 2.18 bits per heavy atom. The van der Waals surface area contributed by atoms with Crippen LogP contribution >= 0.6 is 0 Å². The molecule has 0 aromatic carbocycles. The van der Waals surface area contributed by atoms with Gasteiger partial charge in [-0.2, -0.15) is 0 Å². The number of likely N-dealkylation sites (tertiary alicyclic amines) is 1. The predicted octanol–water partition coefficient (Wildman–Crippen LogP) is 0.442. The van der Waals surface area contributed by atoms with Crippen LogP contribution in [0.3, 0.4) is 0 Å². The minimum atomic E-state index is -0.178. The van der Waals surface area contributed by atoms with Crippen LogP contribution in [0.15, 0.2) is 0 Å². The van der Waals surface area contributed by atoms with Gasteiger partial charge in [-0.05, 0) is 5.92 Å². The molecule has 0 bridgehead atoms. The quantitative estimate of drug-likeness (QED) is 0.515. The summed E-state index contributed by atoms with van der Waals surface area (Å²) in [6.07, 6.45) is 0.0966. The van der Waals surface area contributed by atoms with Crippen LogP contribution in [0.2, 0.25) is 0 Å². The number of hydrogen-bond donors (Lipinski definition) is 0. The van der Waals surface area contributed by atoms with Crippen LogP contribution in [0, 0.1) is 5.92 Å². The van der Waals surface area contributed by atoms with E-state index in [0.717, 1.165) is 0 Å². The van der Waals surface area contributed by atoms with Gasteiger partial charge in [0, 0.05) is 7.05 Å². The monoisotopic (exact) mass is 155 g/mol. The Morgan fingerprint density at radius 1 is 1.45 bits per heavy atom. The summed E-state index contributed by atoms with van der Waals surface area (Å²) in [5, 5.41) is 0. The minimum Gasteiger partial charge on any atom is -0.335 e. The Hall–Kier alpha value is -0.860. The van der Waals surface area contributed by atoms with E-state index in [2.05, 4.69) is 0 Å². The fourth-order valence-corrected chi connectivity index (χ4v) is 1.57. The van der Waals surface area contributed by atoms with E-state index < -0.39 is 0 Å². The normalized spacial score (nSPS) is 25.5. The molecule has 1 aliphatic heterocycles. The van der Waals surface area contributed by atoms with E-state index in [4.69, 9.17) is 0 Å². The largest absolute Gasteiger partial charge is 0.335 e. The summed E-state index contributed by atoms with van der Waals surface area (Å²) in [5.41, 5.74) is 0. The van der Waals surface area contributed by atoms with Gasteiger partial charge in [-0.15, -0.1) is 0 Å². The highest BCUT2D eigenvalue weighted by molar-refractivity contribution is 6.07. The number of carbonyl (C=O) groups is 2. The minimum absolute atomic E-state index is 0.0475. The van der Waals surface area contributed by atoms with Gasteiger partial charge in [-0.25, -0.2) is 0 Å². The van der Waals surface area contributed by atoms with Crippen molar-refractivity contribution in [1.82, 2.24) is 4.90 Å². The predicted molar refractivity (Wildman–Crippen MR) is 41.0 cm³/mol. The highest BCUT2D eigenvalue weighted by atomic mass is 16.2. The SMILES string of the molecule is CC(C)C1C(=O)CC(=O)N1C. The molecule has 1 amide bonds. The average molecular weight is 155 g/mol. The number of amides is 1. The number of likely N-dealkylation sites (N-methyl/N-ethyl adjacent to an activating group) is 1. The second kappa shape index (κ2) is 2.64. The van der Waals surface area contributed by atoms with Crippen molar-refractivity contribution < 1.29 is 9.59 Å². The molecule has 0 aromatic heterocycles. The van der Waals surface area contributed by atoms with Crippen molar-refractivity contribution in [3.05, 3.63) is 0 Å². The van der Waals surface area contributed by atoms with Crippen molar-refractivity contribution >= 4 is 11.7 Å². The van der Waals surface area contributed by atoms with E-state index in [1.165, 1.54) is 0 Å². The van der Waals surface area contributed by atoms with Gasteiger partial charge in [0.2, 0.25) is 5.91 Å². The van der Waals surface area contributed by atoms with E-state index in [-0.39, 0.29) is 30.1 Å². The van der Waals surface area contributed by atoms with E-state index in [9.17, 15) is 9.59 Å². The van der Waals surface area contributed by atoms with E-state index in [1.807, 2.05) is 13.8 Å². The number of Topliss-reactive ketones (excluding diaryl/α,β-unsaturated/α-hetero) is 1. The number of carbonyl (C=O) groups excluding carboxylic acids is 2. The van der Waals surface area contributed by atoms with E-state index >= 15 is 0 Å². The van der Waals surface area contributed by atoms with Gasteiger partial charge in [0.15, 0.2) is 5.78 Å². The van der Waals surface area contributed by atoms with E-state index in [1.54, 1.807) is 11.9 Å². The van der Waals surface area contributed by atoms with Gasteiger partial charge >= 0.3 is 0 Å². The maximum absolute atomic E-state index is 11.2. The highest BCUT2D eigenvalue weighted by Crippen LogP contribution is 2.19. The van der Waals surface area contributed by atoms with Crippen LogP contribution < -0.4 is 0 Å². The van der Waals surface area contributed by atoms with Crippen LogP contribution in [0.1, 0.15) is 20.3 Å². The third kappa shape index (κ3) is 1.27. The molecule has 3 nitrogen and oxygen atoms in total. The third-order valence-electron chi connectivity index (χ3n) is 2.10. The molecule has 1 unspecified atom stereocenters. The first-order valence-electron chi connectivity index (χ1n) is 3.82. The van der Waals surface area contributed by atoms with Crippen LogP contribution in [0.25, 0.3) is 0 Å². The van der Waals surface area contributed by atoms with Gasteiger partial charge in [-0.3, -0.25) is 9.59 Å². The second-order valence-electron chi connectivity index (χ2n) is 3.34. The fourth-order valence-electron chi connectivity index (χ4n) is 1.57. The molecule has 0 saturated carbocycles. The second-order valence-corrected chi connectivity index (χ2v) is 3.34. The van der Waals surface area contributed by atoms with Gasteiger partial charge in [0.25, 0.3) is 0 Å². The lowest BCUT2D eigenvalue weighted by Crippen LogP contribution is -2.36. The molecular formula is C8H13NO2. The number of ketones is 1. The lowest BCUT2D eigenvalue weighted by Gasteiger charge is -2.21. The van der Waals surface area contributed by atoms with Crippen molar-refractivity contribution in [3.8, 4) is 0 Å². The van der Waals surface area contributed by atoms with Crippen molar-refractivity contribution in [2.45, 2.75) is 26.3 Å². The Balaban J connectivity index is 2.79. The van der Waals surface area contributed by atoms with Gasteiger partial charge in [0.1, 0.15) is 0 Å². The maximum atomic E-state index is 11.2. The summed E-state index contributed by atoms with van der Waals surface area (Å²) in [6, 6.07) is -0.178. The number of rotatable bonds is 1. The lowest BCUT2D eigenvalue weighted by molar-refractivity contribution is -0.128. The highest BCUT2D eigenvalue weighted by Gasteiger charge is 2.37. The van der Waals surface area contributed by atoms with Gasteiger partial charge < -0.3 is 4.90 Å². The van der Waals surface area contributed by atoms with Gasteiger partial charge in [-0.1, -0.05) is 13.8 Å². The van der Waals surface area contributed by atoms with Crippen LogP contribution in [0.4, 0.5) is 0 Å². The molecule has 0 aromatic rings. The van der Waals surface area contributed by atoms with Crippen molar-refractivity contribution in [3.63, 3.8) is 0 Å². The Labute approximate surface area is 66.4 Å². The van der Waals surface area contributed by atoms with Crippen molar-refractivity contribution in [2.75, 3.05) is 7.05 Å². The zero-order valence-corrected chi connectivity index (χ0v) is 7.13. The molecule has 62 valence electrons. The van der Waals surface area contributed by atoms with Crippen LogP contribution in [-0.4, -0.2) is 29.7 Å². The van der Waals surface area contributed by atoms with Crippen LogP contribution in [-0.2, 0) is 9.59 Å². The molecule has 1 heterocycles. The third-order valence-corrected chi connectivity index (χ3v) is 2.10. The maximum Gasteiger partial charge on any atom is 0.230 e. The molecule has 0 N–H and O–H groups in total. The first kappa shape index (κ1) is 8.24. The van der Waals surface area contributed by atoms with Crippen molar-refractivity contribution in [1.29, 1.82) is 0 Å². The van der Waals surface area contributed by atoms with E-state index in [0.29, 0.717) is 0 Å². The molecule has 3 heteroatoms. The molecular weight excluding hydrogens is 142 g/mol. The first-order valence-corrected chi connectivity index (χ1v) is 3.82. The zero-order chi connectivity index (χ0) is 8.59. The summed E-state index contributed by atoms with van der Waals surface area (Å²) >= 11 is 0. The van der Waals surface area contributed by atoms with Crippen molar-refractivity contribution in [2.24, 2.45) is 5.92 Å². The number of hydrogen-bond acceptors (Lipinski definition) is 2. The zero-order valence-electron chi connectivity index (χ0n) is 7.13. The molecule has 1 rings (SSSR count). The molecule has 1 aliphatic rings. The van der Waals surface area contributed by atoms with Gasteiger partial charge in [0.05, 0.1) is 12.5 Å². The topological polar surface area (TPSA) is 37.4 Å². The summed E-state index contributed by atoms with van der Waals surface area (Å²) in [4.78, 5) is 23.7. The average Bonchev–Trinajstić information content (AvgIpc) is 2.07. The molecule has 1 fully saturated rings.